The molecule has 19 heavy (non-hydrogen) atoms. The summed E-state index contributed by atoms with van der Waals surface area (Å²) in [5.41, 5.74) is 0.503. The van der Waals surface area contributed by atoms with Gasteiger partial charge in [0.1, 0.15) is 0 Å². The highest BCUT2D eigenvalue weighted by Crippen LogP contribution is 2.13. The fourth-order valence-corrected chi connectivity index (χ4v) is 1.67. The van der Waals surface area contributed by atoms with Gasteiger partial charge in [-0.2, -0.15) is 0 Å². The summed E-state index contributed by atoms with van der Waals surface area (Å²) in [5.74, 6) is -1.13. The number of carbonyl (C=O) groups excluding carboxylic acids is 1. The number of aliphatic carboxylic acids is 1. The molecule has 1 atom stereocenters. The van der Waals surface area contributed by atoms with Gasteiger partial charge in [-0.1, -0.05) is 30.3 Å². The number of aliphatic hydroxyl groups is 1. The standard InChI is InChI=1S/C13H18N2O4/c1-2-15(8-9-16)13(19)14-11(12(17)18)10-6-4-3-5-7-10/h3-7,11,16H,2,8-9H2,1H3,(H,14,19)(H,17,18). The van der Waals surface area contributed by atoms with Crippen molar-refractivity contribution in [3.63, 3.8) is 0 Å². The Balaban J connectivity index is 2.80. The monoisotopic (exact) mass is 266 g/mol. The number of aliphatic hydroxyl groups excluding tert-OH is 1. The minimum Gasteiger partial charge on any atom is -0.479 e. The zero-order chi connectivity index (χ0) is 14.3. The van der Waals surface area contributed by atoms with Gasteiger partial charge in [-0.3, -0.25) is 0 Å². The van der Waals surface area contributed by atoms with Gasteiger partial charge in [0, 0.05) is 13.1 Å². The predicted molar refractivity (Wildman–Crippen MR) is 69.7 cm³/mol. The van der Waals surface area contributed by atoms with Gasteiger partial charge in [-0.25, -0.2) is 9.59 Å². The number of amides is 2. The van der Waals surface area contributed by atoms with Gasteiger partial charge in [0.05, 0.1) is 6.61 Å². The van der Waals surface area contributed by atoms with Crippen LogP contribution in [0.1, 0.15) is 18.5 Å². The lowest BCUT2D eigenvalue weighted by Crippen LogP contribution is -2.44. The molecule has 1 aromatic rings. The topological polar surface area (TPSA) is 89.9 Å². The molecule has 6 heteroatoms. The highest BCUT2D eigenvalue weighted by Gasteiger charge is 2.23. The lowest BCUT2D eigenvalue weighted by atomic mass is 10.1. The molecular formula is C13H18N2O4. The van der Waals surface area contributed by atoms with Crippen LogP contribution in [0.4, 0.5) is 4.79 Å². The highest BCUT2D eigenvalue weighted by atomic mass is 16.4. The molecule has 0 radical (unpaired) electrons. The van der Waals surface area contributed by atoms with E-state index in [-0.39, 0.29) is 13.2 Å². The van der Waals surface area contributed by atoms with Crippen LogP contribution in [-0.2, 0) is 4.79 Å². The van der Waals surface area contributed by atoms with Crippen molar-refractivity contribution in [1.82, 2.24) is 10.2 Å². The molecule has 0 spiro atoms. The van der Waals surface area contributed by atoms with Crippen molar-refractivity contribution in [3.8, 4) is 0 Å². The average molecular weight is 266 g/mol. The van der Waals surface area contributed by atoms with Crippen LogP contribution >= 0.6 is 0 Å². The fourth-order valence-electron chi connectivity index (χ4n) is 1.67. The number of nitrogens with one attached hydrogen (secondary N) is 1. The van der Waals surface area contributed by atoms with Gasteiger partial charge < -0.3 is 20.4 Å². The molecule has 104 valence electrons. The number of hydrogen-bond acceptors (Lipinski definition) is 3. The summed E-state index contributed by atoms with van der Waals surface area (Å²) in [6, 6.07) is 6.87. The predicted octanol–water partition coefficient (Wildman–Crippen LogP) is 0.836. The normalized spacial score (nSPS) is 11.7. The van der Waals surface area contributed by atoms with Crippen LogP contribution in [0.15, 0.2) is 30.3 Å². The molecule has 0 heterocycles. The van der Waals surface area contributed by atoms with E-state index in [1.165, 1.54) is 4.90 Å². The number of benzene rings is 1. The smallest absolute Gasteiger partial charge is 0.330 e. The van der Waals surface area contributed by atoms with Gasteiger partial charge in [0.15, 0.2) is 6.04 Å². The second-order valence-electron chi connectivity index (χ2n) is 3.93. The molecule has 3 N–H and O–H groups in total. The van der Waals surface area contributed by atoms with E-state index >= 15 is 0 Å². The number of carbonyl (C=O) groups is 2. The molecule has 1 aromatic carbocycles. The molecule has 0 bridgehead atoms. The summed E-state index contributed by atoms with van der Waals surface area (Å²) in [6.45, 7) is 2.16. The maximum atomic E-state index is 11.9. The van der Waals surface area contributed by atoms with Crippen LogP contribution in [0.2, 0.25) is 0 Å². The van der Waals surface area contributed by atoms with E-state index in [0.29, 0.717) is 12.1 Å². The first-order valence-electron chi connectivity index (χ1n) is 6.04. The van der Waals surface area contributed by atoms with E-state index in [0.717, 1.165) is 0 Å². The van der Waals surface area contributed by atoms with Gasteiger partial charge in [0.25, 0.3) is 0 Å². The third-order valence-electron chi connectivity index (χ3n) is 2.69. The molecule has 6 nitrogen and oxygen atoms in total. The molecule has 0 aliphatic rings. The minimum atomic E-state index is -1.13. The van der Waals surface area contributed by atoms with Crippen molar-refractivity contribution in [2.75, 3.05) is 19.7 Å². The summed E-state index contributed by atoms with van der Waals surface area (Å²) >= 11 is 0. The highest BCUT2D eigenvalue weighted by molar-refractivity contribution is 5.83. The van der Waals surface area contributed by atoms with Crippen LogP contribution in [0.5, 0.6) is 0 Å². The molecule has 0 saturated carbocycles. The zero-order valence-corrected chi connectivity index (χ0v) is 10.7. The van der Waals surface area contributed by atoms with Crippen LogP contribution in [-0.4, -0.2) is 46.8 Å². The van der Waals surface area contributed by atoms with Crippen LogP contribution in [0, 0.1) is 0 Å². The second kappa shape index (κ2) is 7.38. The van der Waals surface area contributed by atoms with Crippen LogP contribution in [0.25, 0.3) is 0 Å². The Morgan fingerprint density at radius 1 is 1.32 bits per heavy atom. The first-order valence-corrected chi connectivity index (χ1v) is 6.04. The fraction of sp³-hybridized carbons (Fsp3) is 0.385. The molecule has 0 fully saturated rings. The Morgan fingerprint density at radius 3 is 2.42 bits per heavy atom. The van der Waals surface area contributed by atoms with E-state index in [1.54, 1.807) is 37.3 Å². The van der Waals surface area contributed by atoms with Crippen LogP contribution in [0.3, 0.4) is 0 Å². The third kappa shape index (κ3) is 4.26. The average Bonchev–Trinajstić information content (AvgIpc) is 2.42. The first-order chi connectivity index (χ1) is 9.10. The number of urea groups is 1. The van der Waals surface area contributed by atoms with Gasteiger partial charge in [0.2, 0.25) is 0 Å². The maximum Gasteiger partial charge on any atom is 0.330 e. The van der Waals surface area contributed by atoms with Crippen molar-refractivity contribution in [1.29, 1.82) is 0 Å². The number of hydrogen-bond donors (Lipinski definition) is 3. The van der Waals surface area contributed by atoms with E-state index < -0.39 is 18.0 Å². The maximum absolute atomic E-state index is 11.9. The van der Waals surface area contributed by atoms with Crippen molar-refractivity contribution < 1.29 is 19.8 Å². The quantitative estimate of drug-likeness (QED) is 0.711. The molecular weight excluding hydrogens is 248 g/mol. The zero-order valence-electron chi connectivity index (χ0n) is 10.7. The van der Waals surface area contributed by atoms with Gasteiger partial charge in [-0.15, -0.1) is 0 Å². The van der Waals surface area contributed by atoms with Crippen molar-refractivity contribution in [2.24, 2.45) is 0 Å². The minimum absolute atomic E-state index is 0.162. The van der Waals surface area contributed by atoms with E-state index in [2.05, 4.69) is 5.32 Å². The summed E-state index contributed by atoms with van der Waals surface area (Å²) in [4.78, 5) is 24.5. The second-order valence-corrected chi connectivity index (χ2v) is 3.93. The molecule has 0 aliphatic heterocycles. The Hall–Kier alpha value is -2.08. The first kappa shape index (κ1) is 15.0. The molecule has 0 aromatic heterocycles. The SMILES string of the molecule is CCN(CCO)C(=O)NC(C(=O)O)c1ccccc1. The lowest BCUT2D eigenvalue weighted by molar-refractivity contribution is -0.139. The number of carboxylic acid groups (broad SMARTS) is 1. The van der Waals surface area contributed by atoms with Crippen molar-refractivity contribution in [3.05, 3.63) is 35.9 Å². The number of nitrogens with zero attached hydrogens (tertiary/aromatic N) is 1. The molecule has 2 amide bonds. The summed E-state index contributed by atoms with van der Waals surface area (Å²) < 4.78 is 0. The Morgan fingerprint density at radius 2 is 1.95 bits per heavy atom. The number of likely N-dealkylation sites (N-methyl/N-ethyl adjacent to an activating group) is 1. The molecule has 1 rings (SSSR count). The molecule has 0 aliphatic carbocycles. The number of rotatable bonds is 6. The Kier molecular flexibility index (Phi) is 5.81. The van der Waals surface area contributed by atoms with E-state index in [1.807, 2.05) is 0 Å². The van der Waals surface area contributed by atoms with E-state index in [4.69, 9.17) is 5.11 Å². The number of carboxylic acids is 1. The molecule has 0 saturated heterocycles. The Labute approximate surface area is 111 Å². The largest absolute Gasteiger partial charge is 0.479 e. The summed E-state index contributed by atoms with van der Waals surface area (Å²) in [6.07, 6.45) is 0. The van der Waals surface area contributed by atoms with Gasteiger partial charge >= 0.3 is 12.0 Å². The lowest BCUT2D eigenvalue weighted by Gasteiger charge is -2.23. The van der Waals surface area contributed by atoms with Crippen molar-refractivity contribution >= 4 is 12.0 Å². The Bertz CT molecular complexity index is 422. The third-order valence-corrected chi connectivity index (χ3v) is 2.69. The summed E-state index contributed by atoms with van der Waals surface area (Å²) in [5, 5.41) is 20.5. The molecule has 1 unspecified atom stereocenters. The van der Waals surface area contributed by atoms with Crippen LogP contribution < -0.4 is 5.32 Å². The summed E-state index contributed by atoms with van der Waals surface area (Å²) in [7, 11) is 0. The van der Waals surface area contributed by atoms with Crippen molar-refractivity contribution in [2.45, 2.75) is 13.0 Å². The van der Waals surface area contributed by atoms with Gasteiger partial charge in [-0.05, 0) is 12.5 Å². The van der Waals surface area contributed by atoms with E-state index in [9.17, 15) is 14.7 Å².